The molecule has 5 nitrogen and oxygen atoms in total. The Morgan fingerprint density at radius 2 is 1.93 bits per heavy atom. The van der Waals surface area contributed by atoms with Crippen molar-refractivity contribution in [3.05, 3.63) is 58.6 Å². The summed E-state index contributed by atoms with van der Waals surface area (Å²) in [6, 6.07) is 12.1. The van der Waals surface area contributed by atoms with Crippen LogP contribution < -0.4 is 4.74 Å². The first-order chi connectivity index (χ1) is 12.8. The number of nitrogens with zero attached hydrogens (tertiary/aromatic N) is 1. The van der Waals surface area contributed by atoms with Crippen LogP contribution in [-0.2, 0) is 9.84 Å². The fraction of sp³-hybridized carbons (Fsp3) is 0.350. The maximum Gasteiger partial charge on any atom is 0.254 e. The monoisotopic (exact) mass is 407 g/mol. The number of carbonyl (C=O) groups excluding carboxylic acids is 1. The number of carbonyl (C=O) groups is 1. The predicted molar refractivity (Wildman–Crippen MR) is 105 cm³/mol. The smallest absolute Gasteiger partial charge is 0.254 e. The molecule has 1 amide bonds. The van der Waals surface area contributed by atoms with Crippen molar-refractivity contribution in [3.8, 4) is 5.75 Å². The maximum absolute atomic E-state index is 13.1. The molecule has 0 radical (unpaired) electrons. The Kier molecular flexibility index (Phi) is 5.77. The summed E-state index contributed by atoms with van der Waals surface area (Å²) in [4.78, 5) is 14.8. The lowest BCUT2D eigenvalue weighted by molar-refractivity contribution is 0.0735. The largest absolute Gasteiger partial charge is 0.494 e. The fourth-order valence-corrected chi connectivity index (χ4v) is 4.70. The van der Waals surface area contributed by atoms with Crippen molar-refractivity contribution in [2.45, 2.75) is 30.7 Å². The summed E-state index contributed by atoms with van der Waals surface area (Å²) >= 11 is 5.99. The molecule has 0 saturated carbocycles. The Morgan fingerprint density at radius 1 is 1.22 bits per heavy atom. The highest BCUT2D eigenvalue weighted by Crippen LogP contribution is 2.34. The number of hydrogen-bond acceptors (Lipinski definition) is 4. The second kappa shape index (κ2) is 7.90. The van der Waals surface area contributed by atoms with Gasteiger partial charge in [0, 0.05) is 18.4 Å². The summed E-state index contributed by atoms with van der Waals surface area (Å²) in [5.74, 6) is 0.612. The van der Waals surface area contributed by atoms with E-state index < -0.39 is 9.84 Å². The van der Waals surface area contributed by atoms with Gasteiger partial charge in [0.2, 0.25) is 0 Å². The molecular formula is C20H22ClNO4S. The normalized spacial score (nSPS) is 17.1. The number of likely N-dealkylation sites (tertiary alicyclic amines) is 1. The van der Waals surface area contributed by atoms with Crippen molar-refractivity contribution in [1.29, 1.82) is 0 Å². The Labute approximate surface area is 164 Å². The Hall–Kier alpha value is -2.05. The van der Waals surface area contributed by atoms with Crippen molar-refractivity contribution in [2.75, 3.05) is 19.4 Å². The molecule has 0 spiro atoms. The molecule has 1 saturated heterocycles. The van der Waals surface area contributed by atoms with Crippen LogP contribution in [0.3, 0.4) is 0 Å². The Bertz CT molecular complexity index is 941. The van der Waals surface area contributed by atoms with Gasteiger partial charge in [0.1, 0.15) is 5.75 Å². The molecule has 1 aliphatic heterocycles. The van der Waals surface area contributed by atoms with Gasteiger partial charge in [0.15, 0.2) is 9.84 Å². The number of halogens is 1. The van der Waals surface area contributed by atoms with Crippen molar-refractivity contribution < 1.29 is 17.9 Å². The van der Waals surface area contributed by atoms with Gasteiger partial charge in [-0.2, -0.15) is 0 Å². The summed E-state index contributed by atoms with van der Waals surface area (Å²) in [6.07, 6.45) is 2.85. The minimum Gasteiger partial charge on any atom is -0.494 e. The third kappa shape index (κ3) is 4.28. The van der Waals surface area contributed by atoms with Gasteiger partial charge in [0.25, 0.3) is 5.91 Å². The van der Waals surface area contributed by atoms with Crippen molar-refractivity contribution in [2.24, 2.45) is 0 Å². The molecule has 2 aromatic rings. The molecule has 3 rings (SSSR count). The van der Waals surface area contributed by atoms with Crippen LogP contribution in [0.25, 0.3) is 0 Å². The van der Waals surface area contributed by atoms with E-state index in [1.54, 1.807) is 11.0 Å². The van der Waals surface area contributed by atoms with E-state index in [9.17, 15) is 13.2 Å². The molecule has 27 heavy (non-hydrogen) atoms. The topological polar surface area (TPSA) is 63.7 Å². The summed E-state index contributed by atoms with van der Waals surface area (Å²) in [5, 5.41) is 0.124. The average Bonchev–Trinajstić information content (AvgIpc) is 3.11. The molecule has 1 aliphatic rings. The van der Waals surface area contributed by atoms with Crippen LogP contribution in [0.5, 0.6) is 5.75 Å². The first-order valence-corrected chi connectivity index (χ1v) is 11.1. The summed E-state index contributed by atoms with van der Waals surface area (Å²) in [6.45, 7) is 3.17. The molecule has 0 unspecified atom stereocenters. The van der Waals surface area contributed by atoms with Crippen molar-refractivity contribution in [3.63, 3.8) is 0 Å². The minimum absolute atomic E-state index is 0.0215. The molecule has 7 heteroatoms. The Morgan fingerprint density at radius 3 is 2.56 bits per heavy atom. The molecule has 144 valence electrons. The van der Waals surface area contributed by atoms with E-state index in [2.05, 4.69) is 0 Å². The molecular weight excluding hydrogens is 386 g/mol. The number of benzene rings is 2. The summed E-state index contributed by atoms with van der Waals surface area (Å²) < 4.78 is 29.3. The molecule has 0 bridgehead atoms. The van der Waals surface area contributed by atoms with Crippen LogP contribution in [0, 0.1) is 0 Å². The first kappa shape index (κ1) is 19.7. The number of sulfone groups is 1. The van der Waals surface area contributed by atoms with Crippen LogP contribution in [0.4, 0.5) is 0 Å². The molecule has 1 fully saturated rings. The number of amides is 1. The quantitative estimate of drug-likeness (QED) is 0.747. The molecule has 2 aromatic carbocycles. The highest BCUT2D eigenvalue weighted by Gasteiger charge is 2.31. The van der Waals surface area contributed by atoms with Gasteiger partial charge in [-0.25, -0.2) is 8.42 Å². The fourth-order valence-electron chi connectivity index (χ4n) is 3.40. The lowest BCUT2D eigenvalue weighted by Crippen LogP contribution is -2.30. The number of hydrogen-bond donors (Lipinski definition) is 0. The van der Waals surface area contributed by atoms with E-state index in [4.69, 9.17) is 16.3 Å². The number of ether oxygens (including phenoxy) is 1. The van der Waals surface area contributed by atoms with Gasteiger partial charge in [-0.3, -0.25) is 4.79 Å². The minimum atomic E-state index is -3.51. The molecule has 1 heterocycles. The van der Waals surface area contributed by atoms with Crippen LogP contribution in [0.1, 0.15) is 41.7 Å². The van der Waals surface area contributed by atoms with E-state index >= 15 is 0 Å². The van der Waals surface area contributed by atoms with Gasteiger partial charge in [-0.1, -0.05) is 23.7 Å². The van der Waals surface area contributed by atoms with Gasteiger partial charge < -0.3 is 9.64 Å². The maximum atomic E-state index is 13.1. The van der Waals surface area contributed by atoms with E-state index in [0.717, 1.165) is 30.4 Å². The number of rotatable bonds is 5. The van der Waals surface area contributed by atoms with Crippen molar-refractivity contribution >= 4 is 27.3 Å². The average molecular weight is 408 g/mol. The van der Waals surface area contributed by atoms with Crippen LogP contribution >= 0.6 is 11.6 Å². The first-order valence-electron chi connectivity index (χ1n) is 8.84. The zero-order valence-corrected chi connectivity index (χ0v) is 16.9. The van der Waals surface area contributed by atoms with E-state index in [0.29, 0.717) is 18.7 Å². The van der Waals surface area contributed by atoms with E-state index in [1.165, 1.54) is 12.1 Å². The highest BCUT2D eigenvalue weighted by atomic mass is 35.5. The van der Waals surface area contributed by atoms with Crippen LogP contribution in [-0.4, -0.2) is 38.6 Å². The van der Waals surface area contributed by atoms with E-state index in [1.807, 2.05) is 31.2 Å². The standard InChI is InChI=1S/C20H22ClNO4S/c1-3-26-16-9-6-14(7-10-16)18-5-4-12-22(18)20(23)15-8-11-17(21)19(13-15)27(2,24)25/h6-11,13,18H,3-5,12H2,1-2H3/t18-/m0/s1. The van der Waals surface area contributed by atoms with Crippen LogP contribution in [0.2, 0.25) is 5.02 Å². The van der Waals surface area contributed by atoms with Crippen molar-refractivity contribution in [1.82, 2.24) is 4.90 Å². The molecule has 0 aliphatic carbocycles. The predicted octanol–water partition coefficient (Wildman–Crippen LogP) is 4.12. The van der Waals surface area contributed by atoms with Gasteiger partial charge in [0.05, 0.1) is 22.6 Å². The summed E-state index contributed by atoms with van der Waals surface area (Å²) in [7, 11) is -3.51. The highest BCUT2D eigenvalue weighted by molar-refractivity contribution is 7.90. The van der Waals surface area contributed by atoms with Gasteiger partial charge >= 0.3 is 0 Å². The molecule has 1 atom stereocenters. The second-order valence-electron chi connectivity index (χ2n) is 6.58. The Balaban J connectivity index is 1.88. The lowest BCUT2D eigenvalue weighted by atomic mass is 10.0. The second-order valence-corrected chi connectivity index (χ2v) is 8.97. The van der Waals surface area contributed by atoms with E-state index in [-0.39, 0.29) is 21.9 Å². The summed E-state index contributed by atoms with van der Waals surface area (Å²) in [5.41, 5.74) is 1.37. The van der Waals surface area contributed by atoms with Crippen LogP contribution in [0.15, 0.2) is 47.4 Å². The SMILES string of the molecule is CCOc1ccc([C@@H]2CCCN2C(=O)c2ccc(Cl)c(S(C)(=O)=O)c2)cc1. The van der Waals surface area contributed by atoms with Gasteiger partial charge in [-0.05, 0) is 55.7 Å². The zero-order valence-electron chi connectivity index (χ0n) is 15.3. The third-order valence-corrected chi connectivity index (χ3v) is 6.25. The molecule has 0 N–H and O–H groups in total. The zero-order chi connectivity index (χ0) is 19.6. The van der Waals surface area contributed by atoms with Gasteiger partial charge in [-0.15, -0.1) is 0 Å². The molecule has 0 aromatic heterocycles. The third-order valence-electron chi connectivity index (χ3n) is 4.67. The lowest BCUT2D eigenvalue weighted by Gasteiger charge is -2.25.